The van der Waals surface area contributed by atoms with Crippen LogP contribution in [0.2, 0.25) is 0 Å². The normalized spacial score (nSPS) is 16.2. The van der Waals surface area contributed by atoms with Crippen LogP contribution >= 0.6 is 0 Å². The van der Waals surface area contributed by atoms with Crippen LogP contribution in [0.3, 0.4) is 0 Å². The Morgan fingerprint density at radius 3 is 2.67 bits per heavy atom. The van der Waals surface area contributed by atoms with Gasteiger partial charge in [-0.3, -0.25) is 9.78 Å². The molecule has 0 aliphatic carbocycles. The van der Waals surface area contributed by atoms with Gasteiger partial charge in [-0.15, -0.1) is 0 Å². The Morgan fingerprint density at radius 2 is 2.00 bits per heavy atom. The van der Waals surface area contributed by atoms with E-state index in [0.717, 1.165) is 6.07 Å². The third kappa shape index (κ3) is 5.11. The minimum Gasteiger partial charge on any atom is -0.325 e. The summed E-state index contributed by atoms with van der Waals surface area (Å²) in [4.78, 5) is 15.9. The second-order valence-electron chi connectivity index (χ2n) is 6.63. The summed E-state index contributed by atoms with van der Waals surface area (Å²) in [5.41, 5.74) is 0.665. The highest BCUT2D eigenvalue weighted by Crippen LogP contribution is 2.26. The van der Waals surface area contributed by atoms with Crippen LogP contribution in [0.4, 0.5) is 10.1 Å². The van der Waals surface area contributed by atoms with E-state index in [2.05, 4.69) is 10.3 Å². The number of aromatic nitrogens is 1. The van der Waals surface area contributed by atoms with Crippen LogP contribution in [0.15, 0.2) is 53.7 Å². The summed E-state index contributed by atoms with van der Waals surface area (Å²) in [6, 6.07) is 8.61. The number of halogens is 1. The minimum absolute atomic E-state index is 0.0169. The summed E-state index contributed by atoms with van der Waals surface area (Å²) in [6.45, 7) is 0.765. The summed E-state index contributed by atoms with van der Waals surface area (Å²) in [7, 11) is -3.67. The van der Waals surface area contributed by atoms with Crippen LogP contribution in [-0.2, 0) is 14.8 Å². The van der Waals surface area contributed by atoms with Gasteiger partial charge in [0.25, 0.3) is 0 Å². The Kier molecular flexibility index (Phi) is 6.18. The van der Waals surface area contributed by atoms with Gasteiger partial charge in [-0.2, -0.15) is 4.31 Å². The first kappa shape index (κ1) is 19.4. The monoisotopic (exact) mass is 391 g/mol. The van der Waals surface area contributed by atoms with Gasteiger partial charge in [0.2, 0.25) is 15.9 Å². The zero-order valence-electron chi connectivity index (χ0n) is 14.8. The van der Waals surface area contributed by atoms with Gasteiger partial charge >= 0.3 is 0 Å². The number of hydrogen-bond acceptors (Lipinski definition) is 4. The molecule has 1 amide bonds. The molecule has 1 aliphatic heterocycles. The van der Waals surface area contributed by atoms with Crippen molar-refractivity contribution in [2.24, 2.45) is 5.92 Å². The molecule has 1 aromatic carbocycles. The Balaban J connectivity index is 1.48. The van der Waals surface area contributed by atoms with Gasteiger partial charge in [0.05, 0.1) is 16.8 Å². The van der Waals surface area contributed by atoms with E-state index in [9.17, 15) is 17.6 Å². The molecule has 1 saturated heterocycles. The first-order valence-electron chi connectivity index (χ1n) is 8.91. The van der Waals surface area contributed by atoms with Gasteiger partial charge in [-0.25, -0.2) is 12.8 Å². The molecule has 0 spiro atoms. The quantitative estimate of drug-likeness (QED) is 0.821. The van der Waals surface area contributed by atoms with E-state index in [4.69, 9.17) is 0 Å². The van der Waals surface area contributed by atoms with Crippen LogP contribution < -0.4 is 5.32 Å². The van der Waals surface area contributed by atoms with Crippen LogP contribution in [0.5, 0.6) is 0 Å². The average molecular weight is 391 g/mol. The van der Waals surface area contributed by atoms with Crippen LogP contribution in [0.25, 0.3) is 0 Å². The van der Waals surface area contributed by atoms with Crippen molar-refractivity contribution >= 4 is 21.6 Å². The molecule has 1 aromatic heterocycles. The number of nitrogens with zero attached hydrogens (tertiary/aromatic N) is 2. The molecule has 0 bridgehead atoms. The van der Waals surface area contributed by atoms with Crippen molar-refractivity contribution in [3.63, 3.8) is 0 Å². The maximum absolute atomic E-state index is 13.3. The predicted molar refractivity (Wildman–Crippen MR) is 100.0 cm³/mol. The first-order valence-corrected chi connectivity index (χ1v) is 10.3. The number of amides is 1. The van der Waals surface area contributed by atoms with E-state index in [0.29, 0.717) is 50.4 Å². The molecule has 1 fully saturated rings. The van der Waals surface area contributed by atoms with E-state index in [1.54, 1.807) is 24.5 Å². The average Bonchev–Trinajstić information content (AvgIpc) is 2.67. The van der Waals surface area contributed by atoms with E-state index < -0.39 is 15.8 Å². The lowest BCUT2D eigenvalue weighted by Gasteiger charge is -2.31. The molecular weight excluding hydrogens is 369 g/mol. The van der Waals surface area contributed by atoms with Crippen molar-refractivity contribution < 1.29 is 17.6 Å². The van der Waals surface area contributed by atoms with Crippen LogP contribution in [0, 0.1) is 11.7 Å². The van der Waals surface area contributed by atoms with Crippen LogP contribution in [0.1, 0.15) is 25.7 Å². The van der Waals surface area contributed by atoms with Gasteiger partial charge in [-0.1, -0.05) is 6.07 Å². The number of carbonyl (C=O) groups excluding carboxylic acids is 1. The zero-order valence-corrected chi connectivity index (χ0v) is 15.7. The van der Waals surface area contributed by atoms with Gasteiger partial charge < -0.3 is 5.32 Å². The third-order valence-electron chi connectivity index (χ3n) is 4.73. The Hall–Kier alpha value is -2.32. The number of benzene rings is 1. The fraction of sp³-hybridized carbons (Fsp3) is 0.368. The van der Waals surface area contributed by atoms with E-state index in [1.807, 2.05) is 0 Å². The Bertz CT molecular complexity index is 882. The summed E-state index contributed by atoms with van der Waals surface area (Å²) in [5.74, 6) is -0.341. The van der Waals surface area contributed by atoms with Crippen molar-refractivity contribution in [1.29, 1.82) is 0 Å². The number of sulfonamides is 1. The summed E-state index contributed by atoms with van der Waals surface area (Å²) in [6.07, 6.45) is 5.70. The lowest BCUT2D eigenvalue weighted by molar-refractivity contribution is -0.116. The summed E-state index contributed by atoms with van der Waals surface area (Å²) in [5, 5.41) is 2.80. The molecule has 2 heterocycles. The summed E-state index contributed by atoms with van der Waals surface area (Å²) >= 11 is 0. The first-order chi connectivity index (χ1) is 12.9. The molecule has 1 aliphatic rings. The fourth-order valence-corrected chi connectivity index (χ4v) is 4.71. The van der Waals surface area contributed by atoms with Crippen LogP contribution in [-0.4, -0.2) is 36.7 Å². The Labute approximate surface area is 158 Å². The number of hydrogen-bond donors (Lipinski definition) is 1. The summed E-state index contributed by atoms with van der Waals surface area (Å²) < 4.78 is 39.9. The van der Waals surface area contributed by atoms with Crippen molar-refractivity contribution in [3.8, 4) is 0 Å². The van der Waals surface area contributed by atoms with E-state index in [-0.39, 0.29) is 10.8 Å². The Morgan fingerprint density at radius 1 is 1.22 bits per heavy atom. The molecular formula is C19H22FN3O3S. The third-order valence-corrected chi connectivity index (χ3v) is 6.63. The number of pyridine rings is 1. The molecule has 8 heteroatoms. The van der Waals surface area contributed by atoms with Crippen molar-refractivity contribution in [2.45, 2.75) is 30.6 Å². The SMILES string of the molecule is O=C(CCC1CCN(S(=O)(=O)c2cccc(F)c2)CC1)Nc1cccnc1. The molecule has 0 radical (unpaired) electrons. The molecule has 0 atom stereocenters. The zero-order chi connectivity index (χ0) is 19.3. The smallest absolute Gasteiger partial charge is 0.243 e. The lowest BCUT2D eigenvalue weighted by atomic mass is 9.93. The maximum Gasteiger partial charge on any atom is 0.243 e. The number of piperidine rings is 1. The molecule has 0 unspecified atom stereocenters. The lowest BCUT2D eigenvalue weighted by Crippen LogP contribution is -2.38. The minimum atomic E-state index is -3.67. The molecule has 3 rings (SSSR count). The standard InChI is InChI=1S/C19H22FN3O3S/c20-16-3-1-5-18(13-16)27(25,26)23-11-8-15(9-12-23)6-7-19(24)22-17-4-2-10-21-14-17/h1-5,10,13-15H,6-9,11-12H2,(H,22,24). The topological polar surface area (TPSA) is 79.4 Å². The number of rotatable bonds is 6. The maximum atomic E-state index is 13.3. The predicted octanol–water partition coefficient (Wildman–Crippen LogP) is 3.04. The second-order valence-corrected chi connectivity index (χ2v) is 8.57. The van der Waals surface area contributed by atoms with Crippen molar-refractivity contribution in [1.82, 2.24) is 9.29 Å². The van der Waals surface area contributed by atoms with Gasteiger partial charge in [0.1, 0.15) is 5.82 Å². The van der Waals surface area contributed by atoms with Crippen molar-refractivity contribution in [3.05, 3.63) is 54.6 Å². The van der Waals surface area contributed by atoms with Crippen molar-refractivity contribution in [2.75, 3.05) is 18.4 Å². The van der Waals surface area contributed by atoms with Gasteiger partial charge in [-0.05, 0) is 55.5 Å². The largest absolute Gasteiger partial charge is 0.325 e. The highest BCUT2D eigenvalue weighted by molar-refractivity contribution is 7.89. The molecule has 6 nitrogen and oxygen atoms in total. The fourth-order valence-electron chi connectivity index (χ4n) is 3.21. The van der Waals surface area contributed by atoms with Gasteiger partial charge in [0, 0.05) is 25.7 Å². The number of anilines is 1. The highest BCUT2D eigenvalue weighted by atomic mass is 32.2. The molecule has 27 heavy (non-hydrogen) atoms. The number of carbonyl (C=O) groups is 1. The highest BCUT2D eigenvalue weighted by Gasteiger charge is 2.29. The van der Waals surface area contributed by atoms with Gasteiger partial charge in [0.15, 0.2) is 0 Å². The second kappa shape index (κ2) is 8.58. The molecule has 1 N–H and O–H groups in total. The molecule has 0 saturated carbocycles. The molecule has 2 aromatic rings. The van der Waals surface area contributed by atoms with E-state index in [1.165, 1.54) is 22.5 Å². The molecule has 144 valence electrons. The van der Waals surface area contributed by atoms with E-state index >= 15 is 0 Å². The number of nitrogens with one attached hydrogen (secondary N) is 1.